The summed E-state index contributed by atoms with van der Waals surface area (Å²) in [6, 6.07) is 12.3. The highest BCUT2D eigenvalue weighted by atomic mass is 35.5. The minimum Gasteiger partial charge on any atom is -0.494 e. The average Bonchev–Trinajstić information content (AvgIpc) is 3.02. The van der Waals surface area contributed by atoms with Gasteiger partial charge in [0.1, 0.15) is 5.75 Å². The van der Waals surface area contributed by atoms with E-state index in [1.807, 2.05) is 18.2 Å². The van der Waals surface area contributed by atoms with Gasteiger partial charge in [-0.15, -0.1) is 0 Å². The van der Waals surface area contributed by atoms with E-state index in [4.69, 9.17) is 21.3 Å². The van der Waals surface area contributed by atoms with E-state index in [-0.39, 0.29) is 6.04 Å². The maximum absolute atomic E-state index is 12.3. The number of anilines is 5. The zero-order valence-electron chi connectivity index (χ0n) is 27.8. The molecule has 46 heavy (non-hydrogen) atoms. The van der Waals surface area contributed by atoms with Gasteiger partial charge >= 0.3 is 0 Å². The van der Waals surface area contributed by atoms with Crippen LogP contribution in [0.5, 0.6) is 5.75 Å². The Hall–Kier alpha value is -3.32. The van der Waals surface area contributed by atoms with Crippen LogP contribution < -0.4 is 24.6 Å². The van der Waals surface area contributed by atoms with Crippen molar-refractivity contribution in [1.29, 1.82) is 0 Å². The minimum atomic E-state index is -3.44. The normalized spacial score (nSPS) is 16.9. The molecule has 0 unspecified atom stereocenters. The number of rotatable bonds is 11. The summed E-state index contributed by atoms with van der Waals surface area (Å²) >= 11 is 6.55. The van der Waals surface area contributed by atoms with Crippen molar-refractivity contribution >= 4 is 50.3 Å². The molecule has 0 aliphatic carbocycles. The number of nitrogens with one attached hydrogen (secondary N) is 2. The van der Waals surface area contributed by atoms with Crippen LogP contribution in [0.1, 0.15) is 37.9 Å². The van der Waals surface area contributed by atoms with Gasteiger partial charge in [0.05, 0.1) is 53.0 Å². The number of piperazine rings is 1. The third-order valence-electron chi connectivity index (χ3n) is 8.87. The minimum absolute atomic E-state index is 0.228. The largest absolute Gasteiger partial charge is 0.494 e. The summed E-state index contributed by atoms with van der Waals surface area (Å²) in [5.74, 6) is 1.05. The molecule has 0 spiro atoms. The Morgan fingerprint density at radius 3 is 2.41 bits per heavy atom. The number of piperidine rings is 1. The Morgan fingerprint density at radius 2 is 1.76 bits per heavy atom. The number of para-hydroxylation sites is 1. The van der Waals surface area contributed by atoms with Crippen molar-refractivity contribution in [3.8, 4) is 5.75 Å². The SMILES string of the molecule is COc1cc(N2CCC(N3CCN(C)CC3)CC2)c(NC(C)C)cc1Nc1ncc(Cl)c(Cc2ccccc2N(C)S(C)(=O)=O)n1. The van der Waals surface area contributed by atoms with Crippen LogP contribution in [0.3, 0.4) is 0 Å². The molecular formula is C33H47ClN8O3S. The molecule has 0 bridgehead atoms. The Labute approximate surface area is 278 Å². The molecule has 2 aliphatic rings. The number of likely N-dealkylation sites (N-methyl/N-ethyl adjacent to an activating group) is 1. The summed E-state index contributed by atoms with van der Waals surface area (Å²) in [5.41, 5.74) is 4.80. The highest BCUT2D eigenvalue weighted by Crippen LogP contribution is 2.40. The molecular weight excluding hydrogens is 624 g/mol. The Bertz CT molecular complexity index is 1610. The molecule has 2 aromatic carbocycles. The van der Waals surface area contributed by atoms with Crippen LogP contribution >= 0.6 is 11.6 Å². The van der Waals surface area contributed by atoms with Crippen molar-refractivity contribution in [3.63, 3.8) is 0 Å². The van der Waals surface area contributed by atoms with Crippen molar-refractivity contribution in [3.05, 3.63) is 58.9 Å². The zero-order valence-corrected chi connectivity index (χ0v) is 29.3. The third-order valence-corrected chi connectivity index (χ3v) is 10.4. The smallest absolute Gasteiger partial charge is 0.232 e. The van der Waals surface area contributed by atoms with E-state index in [1.165, 1.54) is 17.6 Å². The van der Waals surface area contributed by atoms with Gasteiger partial charge in [-0.25, -0.2) is 18.4 Å². The first kappa shape index (κ1) is 34.0. The van der Waals surface area contributed by atoms with E-state index >= 15 is 0 Å². The van der Waals surface area contributed by atoms with E-state index in [9.17, 15) is 8.42 Å². The summed E-state index contributed by atoms with van der Waals surface area (Å²) in [6.45, 7) is 10.8. The molecule has 0 atom stereocenters. The molecule has 0 saturated carbocycles. The number of methoxy groups -OCH3 is 1. The predicted octanol–water partition coefficient (Wildman–Crippen LogP) is 4.91. The van der Waals surface area contributed by atoms with Gasteiger partial charge in [0.15, 0.2) is 0 Å². The van der Waals surface area contributed by atoms with Gasteiger partial charge in [-0.2, -0.15) is 0 Å². The second kappa shape index (κ2) is 14.6. The molecule has 0 radical (unpaired) electrons. The topological polar surface area (TPSA) is 106 Å². The number of sulfonamides is 1. The van der Waals surface area contributed by atoms with Crippen LogP contribution in [0.2, 0.25) is 5.02 Å². The van der Waals surface area contributed by atoms with Crippen molar-refractivity contribution in [2.45, 2.75) is 45.2 Å². The van der Waals surface area contributed by atoms with Crippen LogP contribution in [0.15, 0.2) is 42.6 Å². The monoisotopic (exact) mass is 670 g/mol. The first-order valence-electron chi connectivity index (χ1n) is 15.9. The summed E-state index contributed by atoms with van der Waals surface area (Å²) in [5, 5.41) is 7.39. The van der Waals surface area contributed by atoms with Crippen molar-refractivity contribution in [1.82, 2.24) is 19.8 Å². The first-order valence-corrected chi connectivity index (χ1v) is 18.1. The Kier molecular flexibility index (Phi) is 10.8. The maximum atomic E-state index is 12.3. The van der Waals surface area contributed by atoms with Crippen LogP contribution in [-0.2, 0) is 16.4 Å². The fourth-order valence-corrected chi connectivity index (χ4v) is 6.91. The lowest BCUT2D eigenvalue weighted by atomic mass is 10.0. The Balaban J connectivity index is 1.37. The number of hydrogen-bond acceptors (Lipinski definition) is 10. The van der Waals surface area contributed by atoms with Crippen molar-refractivity contribution in [2.24, 2.45) is 0 Å². The molecule has 2 fully saturated rings. The summed E-state index contributed by atoms with van der Waals surface area (Å²) in [6.07, 6.45) is 5.34. The van der Waals surface area contributed by atoms with Gasteiger partial charge in [-0.05, 0) is 51.4 Å². The zero-order chi connectivity index (χ0) is 33.0. The van der Waals surface area contributed by atoms with Crippen LogP contribution in [0.4, 0.5) is 28.7 Å². The summed E-state index contributed by atoms with van der Waals surface area (Å²) in [4.78, 5) is 16.7. The lowest BCUT2D eigenvalue weighted by Gasteiger charge is -2.43. The second-order valence-corrected chi connectivity index (χ2v) is 15.0. The third kappa shape index (κ3) is 8.14. The van der Waals surface area contributed by atoms with E-state index in [2.05, 4.69) is 63.3 Å². The molecule has 13 heteroatoms. The number of nitrogens with zero attached hydrogens (tertiary/aromatic N) is 6. The summed E-state index contributed by atoms with van der Waals surface area (Å²) < 4.78 is 31.7. The molecule has 2 N–H and O–H groups in total. The van der Waals surface area contributed by atoms with Gasteiger partial charge in [0, 0.05) is 70.9 Å². The van der Waals surface area contributed by atoms with E-state index < -0.39 is 10.0 Å². The molecule has 5 rings (SSSR count). The first-order chi connectivity index (χ1) is 21.9. The maximum Gasteiger partial charge on any atom is 0.232 e. The van der Waals surface area contributed by atoms with Gasteiger partial charge < -0.3 is 25.2 Å². The van der Waals surface area contributed by atoms with E-state index in [1.54, 1.807) is 19.4 Å². The van der Waals surface area contributed by atoms with Gasteiger partial charge in [-0.1, -0.05) is 29.8 Å². The van der Waals surface area contributed by atoms with Gasteiger partial charge in [-0.3, -0.25) is 9.21 Å². The molecule has 2 aliphatic heterocycles. The molecule has 2 saturated heterocycles. The highest BCUT2D eigenvalue weighted by Gasteiger charge is 2.28. The molecule has 3 aromatic rings. The number of halogens is 1. The molecule has 11 nitrogen and oxygen atoms in total. The van der Waals surface area contributed by atoms with Crippen LogP contribution in [0.25, 0.3) is 0 Å². The molecule has 250 valence electrons. The van der Waals surface area contributed by atoms with Crippen molar-refractivity contribution < 1.29 is 13.2 Å². The lowest BCUT2D eigenvalue weighted by molar-refractivity contribution is 0.0982. The number of benzene rings is 2. The fourth-order valence-electron chi connectivity index (χ4n) is 6.22. The standard InChI is InChI=1S/C33H47ClN8O3S/c1-23(2)36-28-20-29(32(45-5)21-31(28)42-13-11-25(12-14-42)41-17-15-39(3)16-18-41)38-33-35-22-26(34)27(37-33)19-24-9-7-8-10-30(24)40(4)46(6,43)44/h7-10,20-23,25,36H,11-19H2,1-6H3,(H,35,37,38). The van der Waals surface area contributed by atoms with Crippen LogP contribution in [0, 0.1) is 0 Å². The second-order valence-electron chi connectivity index (χ2n) is 12.6. The number of hydrogen-bond donors (Lipinski definition) is 2. The average molecular weight is 671 g/mol. The lowest BCUT2D eigenvalue weighted by Crippen LogP contribution is -2.52. The molecule has 0 amide bonds. The van der Waals surface area contributed by atoms with Crippen LogP contribution in [-0.4, -0.2) is 107 Å². The number of aromatic nitrogens is 2. The fraction of sp³-hybridized carbons (Fsp3) is 0.515. The Morgan fingerprint density at radius 1 is 1.07 bits per heavy atom. The van der Waals surface area contributed by atoms with E-state index in [0.717, 1.165) is 74.7 Å². The quantitative estimate of drug-likeness (QED) is 0.293. The molecule has 3 heterocycles. The predicted molar refractivity (Wildman–Crippen MR) is 189 cm³/mol. The van der Waals surface area contributed by atoms with Gasteiger partial charge in [0.25, 0.3) is 0 Å². The highest BCUT2D eigenvalue weighted by molar-refractivity contribution is 7.92. The number of ether oxygens (including phenoxy) is 1. The van der Waals surface area contributed by atoms with Crippen molar-refractivity contribution in [2.75, 3.05) is 86.6 Å². The molecule has 1 aromatic heterocycles. The summed E-state index contributed by atoms with van der Waals surface area (Å²) in [7, 11) is 1.97. The van der Waals surface area contributed by atoms with E-state index in [0.29, 0.717) is 40.6 Å². The van der Waals surface area contributed by atoms with Gasteiger partial charge in [0.2, 0.25) is 16.0 Å².